The largest absolute Gasteiger partial charge is 0.490 e. The Morgan fingerprint density at radius 3 is 2.67 bits per heavy atom. The summed E-state index contributed by atoms with van der Waals surface area (Å²) in [6.07, 6.45) is 4.47. The molecule has 2 heterocycles. The van der Waals surface area contributed by atoms with E-state index in [1.54, 1.807) is 16.4 Å². The van der Waals surface area contributed by atoms with Crippen LogP contribution in [0.5, 0.6) is 11.5 Å². The SMILES string of the molecule is CCCCCCOc1c(Br)cc(C2C(C(=O)Nc3cccc(C)c3)=C(C)Nc3nc(SCC)nn32)cc1OCC. The van der Waals surface area contributed by atoms with E-state index in [9.17, 15) is 4.79 Å². The van der Waals surface area contributed by atoms with Crippen LogP contribution in [-0.4, -0.2) is 39.6 Å². The number of rotatable bonds is 13. The van der Waals surface area contributed by atoms with E-state index >= 15 is 0 Å². The van der Waals surface area contributed by atoms with Crippen molar-refractivity contribution >= 4 is 45.2 Å². The van der Waals surface area contributed by atoms with Gasteiger partial charge in [0.05, 0.1) is 23.3 Å². The summed E-state index contributed by atoms with van der Waals surface area (Å²) in [5.74, 6) is 2.52. The molecule has 10 heteroatoms. The maximum Gasteiger partial charge on any atom is 0.255 e. The number of allylic oxidation sites excluding steroid dienone is 1. The van der Waals surface area contributed by atoms with Gasteiger partial charge in [-0.3, -0.25) is 4.79 Å². The molecular weight excluding hydrogens is 590 g/mol. The number of amides is 1. The highest BCUT2D eigenvalue weighted by Crippen LogP contribution is 2.43. The van der Waals surface area contributed by atoms with Crippen molar-refractivity contribution in [2.75, 3.05) is 29.6 Å². The number of benzene rings is 2. The Balaban J connectivity index is 1.76. The second-order valence-electron chi connectivity index (χ2n) is 9.66. The highest BCUT2D eigenvalue weighted by molar-refractivity contribution is 9.10. The molecule has 0 aliphatic carbocycles. The van der Waals surface area contributed by atoms with Crippen LogP contribution < -0.4 is 20.1 Å². The van der Waals surface area contributed by atoms with Crippen LogP contribution in [0, 0.1) is 6.92 Å². The van der Waals surface area contributed by atoms with Gasteiger partial charge in [-0.1, -0.05) is 57.0 Å². The minimum Gasteiger partial charge on any atom is -0.490 e. The van der Waals surface area contributed by atoms with E-state index in [4.69, 9.17) is 14.6 Å². The summed E-state index contributed by atoms with van der Waals surface area (Å²) in [7, 11) is 0. The number of anilines is 2. The van der Waals surface area contributed by atoms with Gasteiger partial charge in [0.1, 0.15) is 6.04 Å². The van der Waals surface area contributed by atoms with E-state index in [-0.39, 0.29) is 5.91 Å². The van der Waals surface area contributed by atoms with E-state index in [0.29, 0.717) is 47.1 Å². The van der Waals surface area contributed by atoms with Crippen LogP contribution in [0.2, 0.25) is 0 Å². The summed E-state index contributed by atoms with van der Waals surface area (Å²) in [4.78, 5) is 18.6. The molecule has 4 rings (SSSR count). The zero-order valence-corrected chi connectivity index (χ0v) is 26.2. The van der Waals surface area contributed by atoms with Gasteiger partial charge in [0.15, 0.2) is 11.5 Å². The number of fused-ring (bicyclic) bond motifs is 1. The maximum atomic E-state index is 13.9. The number of ether oxygens (including phenoxy) is 2. The van der Waals surface area contributed by atoms with Gasteiger partial charge in [-0.05, 0) is 84.3 Å². The summed E-state index contributed by atoms with van der Waals surface area (Å²) < 4.78 is 14.8. The number of hydrogen-bond acceptors (Lipinski definition) is 7. The number of aryl methyl sites for hydroxylation is 1. The lowest BCUT2D eigenvalue weighted by Crippen LogP contribution is -2.31. The number of carbonyl (C=O) groups is 1. The predicted octanol–water partition coefficient (Wildman–Crippen LogP) is 7.75. The molecule has 3 aromatic rings. The first-order valence-electron chi connectivity index (χ1n) is 13.9. The smallest absolute Gasteiger partial charge is 0.255 e. The molecular formula is C30H38BrN5O3S. The normalized spacial score (nSPS) is 14.5. The van der Waals surface area contributed by atoms with Crippen LogP contribution in [0.1, 0.15) is 70.5 Å². The summed E-state index contributed by atoms with van der Waals surface area (Å²) >= 11 is 5.29. The number of carbonyl (C=O) groups excluding carboxylic acids is 1. The third kappa shape index (κ3) is 7.01. The topological polar surface area (TPSA) is 90.3 Å². The molecule has 0 radical (unpaired) electrons. The Kier molecular flexibility index (Phi) is 10.6. The lowest BCUT2D eigenvalue weighted by Gasteiger charge is -2.29. The molecule has 0 saturated heterocycles. The quantitative estimate of drug-likeness (QED) is 0.148. The zero-order valence-electron chi connectivity index (χ0n) is 23.8. The first kappa shape index (κ1) is 30.0. The Labute approximate surface area is 249 Å². The van der Waals surface area contributed by atoms with Crippen molar-refractivity contribution in [1.29, 1.82) is 0 Å². The van der Waals surface area contributed by atoms with E-state index in [0.717, 1.165) is 39.9 Å². The van der Waals surface area contributed by atoms with Crippen molar-refractivity contribution in [1.82, 2.24) is 14.8 Å². The van der Waals surface area contributed by atoms with Gasteiger partial charge in [-0.2, -0.15) is 4.98 Å². The lowest BCUT2D eigenvalue weighted by molar-refractivity contribution is -0.113. The molecule has 0 saturated carbocycles. The highest BCUT2D eigenvalue weighted by Gasteiger charge is 2.35. The Bertz CT molecular complexity index is 1370. The van der Waals surface area contributed by atoms with Crippen molar-refractivity contribution in [3.63, 3.8) is 0 Å². The number of unbranched alkanes of at least 4 members (excludes halogenated alkanes) is 3. The number of nitrogens with zero attached hydrogens (tertiary/aromatic N) is 3. The van der Waals surface area contributed by atoms with E-state index < -0.39 is 6.04 Å². The number of nitrogens with one attached hydrogen (secondary N) is 2. The molecule has 2 N–H and O–H groups in total. The first-order valence-corrected chi connectivity index (χ1v) is 15.7. The fourth-order valence-electron chi connectivity index (χ4n) is 4.70. The van der Waals surface area contributed by atoms with Gasteiger partial charge in [-0.15, -0.1) is 5.10 Å². The van der Waals surface area contributed by atoms with E-state index in [1.807, 2.05) is 57.2 Å². The predicted molar refractivity (Wildman–Crippen MR) is 166 cm³/mol. The number of hydrogen-bond donors (Lipinski definition) is 2. The van der Waals surface area contributed by atoms with Crippen molar-refractivity contribution < 1.29 is 14.3 Å². The molecule has 2 aromatic carbocycles. The van der Waals surface area contributed by atoms with E-state index in [2.05, 4.69) is 45.4 Å². The third-order valence-electron chi connectivity index (χ3n) is 6.52. The second-order valence-corrected chi connectivity index (χ2v) is 11.7. The van der Waals surface area contributed by atoms with Crippen molar-refractivity contribution in [2.45, 2.75) is 71.5 Å². The Morgan fingerprint density at radius 2 is 1.95 bits per heavy atom. The molecule has 1 unspecified atom stereocenters. The fraction of sp³-hybridized carbons (Fsp3) is 0.433. The van der Waals surface area contributed by atoms with Crippen molar-refractivity contribution in [3.05, 3.63) is 63.3 Å². The Morgan fingerprint density at radius 1 is 1.12 bits per heavy atom. The van der Waals surface area contributed by atoms with Gasteiger partial charge in [-0.25, -0.2) is 4.68 Å². The van der Waals surface area contributed by atoms with Gasteiger partial charge in [0.2, 0.25) is 11.1 Å². The highest BCUT2D eigenvalue weighted by atomic mass is 79.9. The van der Waals surface area contributed by atoms with Crippen molar-refractivity contribution in [2.24, 2.45) is 0 Å². The molecule has 1 aliphatic rings. The van der Waals surface area contributed by atoms with Gasteiger partial charge < -0.3 is 20.1 Å². The lowest BCUT2D eigenvalue weighted by atomic mass is 9.94. The van der Waals surface area contributed by atoms with Gasteiger partial charge >= 0.3 is 0 Å². The first-order chi connectivity index (χ1) is 19.4. The molecule has 1 amide bonds. The Hall–Kier alpha value is -2.98. The van der Waals surface area contributed by atoms with Gasteiger partial charge in [0.25, 0.3) is 5.91 Å². The third-order valence-corrected chi connectivity index (χ3v) is 7.83. The molecule has 0 fully saturated rings. The minimum absolute atomic E-state index is 0.211. The fourth-order valence-corrected chi connectivity index (χ4v) is 5.83. The minimum atomic E-state index is -0.533. The van der Waals surface area contributed by atoms with E-state index in [1.165, 1.54) is 12.8 Å². The number of thioether (sulfide) groups is 1. The molecule has 214 valence electrons. The molecule has 1 atom stereocenters. The zero-order chi connectivity index (χ0) is 28.6. The molecule has 40 heavy (non-hydrogen) atoms. The van der Waals surface area contributed by atoms with Gasteiger partial charge in [0, 0.05) is 11.4 Å². The van der Waals surface area contributed by atoms with Crippen LogP contribution in [0.25, 0.3) is 0 Å². The van der Waals surface area contributed by atoms with Crippen molar-refractivity contribution in [3.8, 4) is 11.5 Å². The molecule has 0 bridgehead atoms. The average Bonchev–Trinajstić information content (AvgIpc) is 3.31. The maximum absolute atomic E-state index is 13.9. The molecule has 1 aliphatic heterocycles. The number of aromatic nitrogens is 3. The van der Waals surface area contributed by atoms with Crippen LogP contribution in [0.15, 0.2) is 57.3 Å². The summed E-state index contributed by atoms with van der Waals surface area (Å²) in [6, 6.07) is 11.2. The molecule has 8 nitrogen and oxygen atoms in total. The molecule has 1 aromatic heterocycles. The summed E-state index contributed by atoms with van der Waals surface area (Å²) in [5, 5.41) is 11.8. The van der Waals surface area contributed by atoms with Crippen LogP contribution in [0.3, 0.4) is 0 Å². The van der Waals surface area contributed by atoms with Crippen LogP contribution in [0.4, 0.5) is 11.6 Å². The average molecular weight is 629 g/mol. The standard InChI is InChI=1S/C30H38BrN5O3S/c1-6-9-10-11-15-39-27-23(31)17-21(18-24(27)38-7-2)26-25(28(37)33-22-14-12-13-19(4)16-22)20(5)32-29-34-30(40-8-3)35-36(26)29/h12-14,16-18,26H,6-11,15H2,1-5H3,(H,33,37)(H,32,34,35). The van der Waals surface area contributed by atoms with Crippen LogP contribution >= 0.6 is 27.7 Å². The van der Waals surface area contributed by atoms with Crippen LogP contribution in [-0.2, 0) is 4.79 Å². The monoisotopic (exact) mass is 627 g/mol. The summed E-state index contributed by atoms with van der Waals surface area (Å²) in [6.45, 7) is 11.2. The second kappa shape index (κ2) is 14.1. The molecule has 0 spiro atoms. The summed E-state index contributed by atoms with van der Waals surface area (Å²) in [5.41, 5.74) is 3.90. The number of halogens is 1.